The Morgan fingerprint density at radius 1 is 1.28 bits per heavy atom. The predicted octanol–water partition coefficient (Wildman–Crippen LogP) is 3.00. The van der Waals surface area contributed by atoms with Crippen LogP contribution in [0.1, 0.15) is 47.5 Å². The molecule has 160 valence electrons. The van der Waals surface area contributed by atoms with Crippen LogP contribution in [-0.2, 0) is 28.5 Å². The topological polar surface area (TPSA) is 112 Å². The molecule has 3 rings (SSSR count). The maximum absolute atomic E-state index is 12.5. The van der Waals surface area contributed by atoms with E-state index < -0.39 is 42.0 Å². The molecule has 2 heterocycles. The number of rotatable bonds is 4. The van der Waals surface area contributed by atoms with E-state index in [2.05, 4.69) is 33.8 Å². The first-order valence-corrected chi connectivity index (χ1v) is 9.65. The second-order valence-corrected chi connectivity index (χ2v) is 8.67. The van der Waals surface area contributed by atoms with Gasteiger partial charge in [-0.1, -0.05) is 31.1 Å². The molecule has 0 aromatic rings. The summed E-state index contributed by atoms with van der Waals surface area (Å²) >= 11 is 0. The van der Waals surface area contributed by atoms with E-state index in [9.17, 15) is 19.8 Å². The van der Waals surface area contributed by atoms with E-state index >= 15 is 0 Å². The third-order valence-electron chi connectivity index (χ3n) is 5.36. The van der Waals surface area contributed by atoms with Crippen LogP contribution in [0.3, 0.4) is 0 Å². The van der Waals surface area contributed by atoms with Gasteiger partial charge in [0.25, 0.3) is 6.29 Å². The molecule has 0 aromatic heterocycles. The van der Waals surface area contributed by atoms with Crippen molar-refractivity contribution in [3.8, 4) is 0 Å². The Morgan fingerprint density at radius 3 is 2.52 bits per heavy atom. The van der Waals surface area contributed by atoms with E-state index in [1.54, 1.807) is 0 Å². The summed E-state index contributed by atoms with van der Waals surface area (Å²) in [4.78, 5) is 23.9. The van der Waals surface area contributed by atoms with Gasteiger partial charge in [-0.3, -0.25) is 0 Å². The van der Waals surface area contributed by atoms with Crippen LogP contribution in [0, 0.1) is 5.41 Å². The number of hydrogen-bond acceptors (Lipinski definition) is 8. The first-order chi connectivity index (χ1) is 13.5. The quantitative estimate of drug-likeness (QED) is 0.683. The normalized spacial score (nSPS) is 31.7. The zero-order chi connectivity index (χ0) is 21.5. The molecule has 2 N–H and O–H groups in total. The maximum Gasteiger partial charge on any atom is 0.377 e. The average Bonchev–Trinajstić information content (AvgIpc) is 3.19. The summed E-state index contributed by atoms with van der Waals surface area (Å²) in [6, 6.07) is 0. The van der Waals surface area contributed by atoms with Crippen molar-refractivity contribution in [2.24, 2.45) is 5.41 Å². The third kappa shape index (κ3) is 4.33. The van der Waals surface area contributed by atoms with Gasteiger partial charge in [-0.15, -0.1) is 0 Å². The molecule has 8 heteroatoms. The molecule has 8 nitrogen and oxygen atoms in total. The maximum atomic E-state index is 12.5. The van der Waals surface area contributed by atoms with Gasteiger partial charge >= 0.3 is 11.9 Å². The van der Waals surface area contributed by atoms with E-state index in [1.165, 1.54) is 16.7 Å². The Labute approximate surface area is 169 Å². The summed E-state index contributed by atoms with van der Waals surface area (Å²) in [5, 5.41) is 19.2. The summed E-state index contributed by atoms with van der Waals surface area (Å²) in [6.07, 6.45) is -0.217. The number of aliphatic hydroxyl groups excluding tert-OH is 2. The van der Waals surface area contributed by atoms with Gasteiger partial charge in [0.1, 0.15) is 12.2 Å². The number of carbonyl (C=O) groups excluding carboxylic acids is 2. The summed E-state index contributed by atoms with van der Waals surface area (Å²) in [5.41, 5.74) is 3.52. The molecule has 0 amide bonds. The summed E-state index contributed by atoms with van der Waals surface area (Å²) in [7, 11) is 0. The second-order valence-electron chi connectivity index (χ2n) is 8.67. The fraction of sp³-hybridized carbons (Fsp3) is 0.619. The Kier molecular flexibility index (Phi) is 5.78. The van der Waals surface area contributed by atoms with Gasteiger partial charge in [-0.25, -0.2) is 9.59 Å². The molecule has 0 radical (unpaired) electrons. The molecule has 29 heavy (non-hydrogen) atoms. The van der Waals surface area contributed by atoms with Crippen LogP contribution in [0.25, 0.3) is 0 Å². The lowest BCUT2D eigenvalue weighted by Gasteiger charge is -2.37. The minimum absolute atomic E-state index is 0.0884. The van der Waals surface area contributed by atoms with Gasteiger partial charge in [0.05, 0.1) is 6.61 Å². The van der Waals surface area contributed by atoms with Crippen LogP contribution in [0.15, 0.2) is 34.3 Å². The number of esters is 2. The van der Waals surface area contributed by atoms with Crippen molar-refractivity contribution in [2.45, 2.75) is 72.1 Å². The summed E-state index contributed by atoms with van der Waals surface area (Å²) in [6.45, 7) is 10.3. The first-order valence-electron chi connectivity index (χ1n) is 9.65. The summed E-state index contributed by atoms with van der Waals surface area (Å²) < 4.78 is 21.3. The van der Waals surface area contributed by atoms with E-state index in [4.69, 9.17) is 18.9 Å². The fourth-order valence-corrected chi connectivity index (χ4v) is 4.11. The van der Waals surface area contributed by atoms with Crippen LogP contribution >= 0.6 is 0 Å². The zero-order valence-electron chi connectivity index (χ0n) is 17.4. The van der Waals surface area contributed by atoms with Crippen LogP contribution < -0.4 is 0 Å². The molecule has 0 spiro atoms. The molecule has 1 fully saturated rings. The smallest absolute Gasteiger partial charge is 0.377 e. The van der Waals surface area contributed by atoms with Gasteiger partial charge in [-0.2, -0.15) is 0 Å². The van der Waals surface area contributed by atoms with Crippen LogP contribution in [0.5, 0.6) is 0 Å². The van der Waals surface area contributed by atoms with E-state index in [0.29, 0.717) is 12.8 Å². The highest BCUT2D eigenvalue weighted by molar-refractivity contribution is 5.89. The Bertz CT molecular complexity index is 799. The van der Waals surface area contributed by atoms with E-state index in [0.717, 1.165) is 0 Å². The van der Waals surface area contributed by atoms with Crippen molar-refractivity contribution in [2.75, 3.05) is 6.61 Å². The lowest BCUT2D eigenvalue weighted by atomic mass is 9.71. The number of allylic oxidation sites excluding steroid dienone is 3. The highest BCUT2D eigenvalue weighted by Gasteiger charge is 2.47. The molecule has 0 bridgehead atoms. The highest BCUT2D eigenvalue weighted by atomic mass is 16.8. The molecule has 0 aromatic carbocycles. The molecule has 3 aliphatic rings. The highest BCUT2D eigenvalue weighted by Crippen LogP contribution is 2.42. The number of aliphatic hydroxyl groups is 2. The first kappa shape index (κ1) is 21.4. The SMILES string of the molecule is CC(C)=CC1=C(C)CC(OC(=O)C2OC[C@@H]([C@H]3OC(=O)C(O)=C3O)O2)CC1(C)C. The van der Waals surface area contributed by atoms with Gasteiger partial charge in [-0.05, 0) is 38.2 Å². The minimum atomic E-state index is -1.28. The van der Waals surface area contributed by atoms with E-state index in [-0.39, 0.29) is 18.1 Å². The van der Waals surface area contributed by atoms with Crippen molar-refractivity contribution < 1.29 is 38.7 Å². The fourth-order valence-electron chi connectivity index (χ4n) is 4.11. The molecule has 4 atom stereocenters. The van der Waals surface area contributed by atoms with Crippen LogP contribution in [0.4, 0.5) is 0 Å². The van der Waals surface area contributed by atoms with Crippen LogP contribution in [-0.4, -0.2) is 53.4 Å². The number of ether oxygens (including phenoxy) is 4. The lowest BCUT2D eigenvalue weighted by molar-refractivity contribution is -0.183. The van der Waals surface area contributed by atoms with Gasteiger partial charge in [0.15, 0.2) is 11.9 Å². The standard InChI is InChI=1S/C21H28O8/c1-10(2)6-13-11(3)7-12(8-21(13,4)5)27-19(25)20-26-9-14(28-20)17-15(22)16(23)18(24)29-17/h6,12,14,17,20,22-23H,7-9H2,1-5H3/t12?,14-,17+,20?/m0/s1. The molecule has 1 saturated heterocycles. The lowest BCUT2D eigenvalue weighted by Crippen LogP contribution is -2.36. The Hall–Kier alpha value is -2.32. The molecule has 2 unspecified atom stereocenters. The van der Waals surface area contributed by atoms with Gasteiger partial charge < -0.3 is 29.2 Å². The molecular weight excluding hydrogens is 380 g/mol. The number of cyclic esters (lactones) is 1. The molecule has 0 saturated carbocycles. The van der Waals surface area contributed by atoms with Crippen molar-refractivity contribution in [3.05, 3.63) is 34.3 Å². The Balaban J connectivity index is 1.61. The largest absolute Gasteiger partial charge is 0.505 e. The molecule has 2 aliphatic heterocycles. The minimum Gasteiger partial charge on any atom is -0.505 e. The van der Waals surface area contributed by atoms with Gasteiger partial charge in [0, 0.05) is 6.42 Å². The van der Waals surface area contributed by atoms with Gasteiger partial charge in [0.2, 0.25) is 5.76 Å². The van der Waals surface area contributed by atoms with Crippen molar-refractivity contribution >= 4 is 11.9 Å². The average molecular weight is 408 g/mol. The van der Waals surface area contributed by atoms with Crippen molar-refractivity contribution in [1.29, 1.82) is 0 Å². The Morgan fingerprint density at radius 2 is 1.97 bits per heavy atom. The second kappa shape index (κ2) is 7.84. The monoisotopic (exact) mass is 408 g/mol. The van der Waals surface area contributed by atoms with Crippen molar-refractivity contribution in [3.63, 3.8) is 0 Å². The molecular formula is C21H28O8. The van der Waals surface area contributed by atoms with Crippen molar-refractivity contribution in [1.82, 2.24) is 0 Å². The van der Waals surface area contributed by atoms with Crippen LogP contribution in [0.2, 0.25) is 0 Å². The number of carbonyl (C=O) groups is 2. The predicted molar refractivity (Wildman–Crippen MR) is 102 cm³/mol. The number of hydrogen-bond donors (Lipinski definition) is 2. The van der Waals surface area contributed by atoms with E-state index in [1.807, 2.05) is 6.92 Å². The molecule has 1 aliphatic carbocycles. The summed E-state index contributed by atoms with van der Waals surface area (Å²) in [5.74, 6) is -3.19. The third-order valence-corrected chi connectivity index (χ3v) is 5.36. The zero-order valence-corrected chi connectivity index (χ0v) is 17.4.